The van der Waals surface area contributed by atoms with Crippen LogP contribution in [-0.4, -0.2) is 14.3 Å². The van der Waals surface area contributed by atoms with Gasteiger partial charge in [-0.05, 0) is 61.0 Å². The van der Waals surface area contributed by atoms with Gasteiger partial charge in [0.2, 0.25) is 0 Å². The van der Waals surface area contributed by atoms with E-state index in [1.807, 2.05) is 49.4 Å². The van der Waals surface area contributed by atoms with Gasteiger partial charge in [-0.2, -0.15) is 0 Å². The van der Waals surface area contributed by atoms with Crippen molar-refractivity contribution in [2.75, 3.05) is 10.0 Å². The molecule has 0 atom stereocenters. The average molecular weight is 489 g/mol. The van der Waals surface area contributed by atoms with Crippen molar-refractivity contribution in [3.63, 3.8) is 0 Å². The Bertz CT molecular complexity index is 1370. The summed E-state index contributed by atoms with van der Waals surface area (Å²) in [6.45, 7) is 1.89. The van der Waals surface area contributed by atoms with Crippen LogP contribution in [0.3, 0.4) is 0 Å². The third-order valence-electron chi connectivity index (χ3n) is 5.11. The molecule has 5 nitrogen and oxygen atoms in total. The number of rotatable bonds is 8. The van der Waals surface area contributed by atoms with Gasteiger partial charge in [0.05, 0.1) is 16.1 Å². The Morgan fingerprint density at radius 2 is 1.44 bits per heavy atom. The summed E-state index contributed by atoms with van der Waals surface area (Å²) < 4.78 is 28.1. The molecule has 4 aromatic carbocycles. The van der Waals surface area contributed by atoms with Crippen molar-refractivity contribution in [2.45, 2.75) is 22.5 Å². The summed E-state index contributed by atoms with van der Waals surface area (Å²) in [4.78, 5) is 14.3. The summed E-state index contributed by atoms with van der Waals surface area (Å²) in [5.41, 5.74) is 3.19. The fraction of sp³-hybridized carbons (Fsp3) is 0.0741. The van der Waals surface area contributed by atoms with Gasteiger partial charge in [0.25, 0.3) is 15.9 Å². The second-order valence-electron chi connectivity index (χ2n) is 7.72. The van der Waals surface area contributed by atoms with Crippen molar-refractivity contribution >= 4 is 39.1 Å². The molecule has 7 heteroatoms. The normalized spacial score (nSPS) is 11.1. The van der Waals surface area contributed by atoms with Crippen molar-refractivity contribution in [1.82, 2.24) is 0 Å². The number of aryl methyl sites for hydroxylation is 1. The molecule has 0 saturated carbocycles. The van der Waals surface area contributed by atoms with Gasteiger partial charge in [-0.1, -0.05) is 60.2 Å². The molecule has 0 bridgehead atoms. The molecule has 2 N–H and O–H groups in total. The van der Waals surface area contributed by atoms with Crippen molar-refractivity contribution in [1.29, 1.82) is 0 Å². The Hall–Kier alpha value is -3.55. The van der Waals surface area contributed by atoms with Crippen LogP contribution in [0.15, 0.2) is 113 Å². The Balaban J connectivity index is 1.44. The minimum absolute atomic E-state index is 0.136. The number of carbonyl (C=O) groups excluding carboxylic acids is 1. The molecule has 0 aliphatic carbocycles. The van der Waals surface area contributed by atoms with Gasteiger partial charge in [0.15, 0.2) is 0 Å². The van der Waals surface area contributed by atoms with Gasteiger partial charge < -0.3 is 5.32 Å². The molecule has 4 aromatic rings. The average Bonchev–Trinajstić information content (AvgIpc) is 2.84. The highest BCUT2D eigenvalue weighted by Crippen LogP contribution is 2.24. The molecule has 0 aliphatic heterocycles. The maximum Gasteiger partial charge on any atom is 0.261 e. The van der Waals surface area contributed by atoms with Crippen molar-refractivity contribution < 1.29 is 13.2 Å². The Kier molecular flexibility index (Phi) is 7.35. The first-order chi connectivity index (χ1) is 16.4. The molecule has 1 amide bonds. The van der Waals surface area contributed by atoms with Crippen molar-refractivity contribution in [3.05, 3.63) is 120 Å². The lowest BCUT2D eigenvalue weighted by Gasteiger charge is -2.13. The fourth-order valence-corrected chi connectivity index (χ4v) is 5.21. The lowest BCUT2D eigenvalue weighted by molar-refractivity contribution is 0.102. The predicted octanol–water partition coefficient (Wildman–Crippen LogP) is 6.34. The van der Waals surface area contributed by atoms with E-state index in [2.05, 4.69) is 22.2 Å². The van der Waals surface area contributed by atoms with Crippen LogP contribution < -0.4 is 10.0 Å². The number of hydrogen-bond donors (Lipinski definition) is 2. The van der Waals surface area contributed by atoms with E-state index in [1.165, 1.54) is 17.0 Å². The van der Waals surface area contributed by atoms with E-state index in [0.717, 1.165) is 16.9 Å². The largest absolute Gasteiger partial charge is 0.322 e. The van der Waals surface area contributed by atoms with Gasteiger partial charge in [0, 0.05) is 16.3 Å². The molecule has 0 fully saturated rings. The molecule has 0 aromatic heterocycles. The van der Waals surface area contributed by atoms with E-state index in [4.69, 9.17) is 0 Å². The third kappa shape index (κ3) is 6.07. The molecule has 172 valence electrons. The van der Waals surface area contributed by atoms with Gasteiger partial charge in [0.1, 0.15) is 0 Å². The minimum Gasteiger partial charge on any atom is -0.322 e. The topological polar surface area (TPSA) is 75.3 Å². The van der Waals surface area contributed by atoms with E-state index in [-0.39, 0.29) is 16.1 Å². The molecule has 0 saturated heterocycles. The first-order valence-corrected chi connectivity index (χ1v) is 13.1. The van der Waals surface area contributed by atoms with Crippen molar-refractivity contribution in [3.8, 4) is 0 Å². The van der Waals surface area contributed by atoms with E-state index >= 15 is 0 Å². The second kappa shape index (κ2) is 10.6. The predicted molar refractivity (Wildman–Crippen MR) is 139 cm³/mol. The molecule has 0 aliphatic rings. The van der Waals surface area contributed by atoms with Gasteiger partial charge in [-0.25, -0.2) is 8.42 Å². The molecular weight excluding hydrogens is 464 g/mol. The number of benzene rings is 4. The summed E-state index contributed by atoms with van der Waals surface area (Å²) in [6, 6.07) is 30.9. The zero-order chi connectivity index (χ0) is 24.0. The first kappa shape index (κ1) is 23.6. The molecule has 0 unspecified atom stereocenters. The van der Waals surface area contributed by atoms with Gasteiger partial charge in [-0.3, -0.25) is 9.52 Å². The lowest BCUT2D eigenvalue weighted by atomic mass is 10.1. The molecule has 0 radical (unpaired) electrons. The van der Waals surface area contributed by atoms with Crippen LogP contribution in [0.2, 0.25) is 0 Å². The van der Waals surface area contributed by atoms with Crippen LogP contribution in [0.5, 0.6) is 0 Å². The summed E-state index contributed by atoms with van der Waals surface area (Å²) in [5.74, 6) is 0.426. The first-order valence-electron chi connectivity index (χ1n) is 10.7. The number of para-hydroxylation sites is 1. The van der Waals surface area contributed by atoms with Crippen LogP contribution in [-0.2, 0) is 15.8 Å². The maximum atomic E-state index is 12.9. The molecule has 4 rings (SSSR count). The van der Waals surface area contributed by atoms with Gasteiger partial charge >= 0.3 is 0 Å². The Morgan fingerprint density at radius 1 is 0.794 bits per heavy atom. The van der Waals surface area contributed by atoms with E-state index in [1.54, 1.807) is 48.2 Å². The Labute approximate surface area is 204 Å². The minimum atomic E-state index is -3.83. The maximum absolute atomic E-state index is 12.9. The highest BCUT2D eigenvalue weighted by Gasteiger charge is 2.18. The van der Waals surface area contributed by atoms with Crippen LogP contribution >= 0.6 is 11.8 Å². The van der Waals surface area contributed by atoms with Crippen molar-refractivity contribution in [2.24, 2.45) is 0 Å². The quantitative estimate of drug-likeness (QED) is 0.284. The zero-order valence-corrected chi connectivity index (χ0v) is 20.2. The number of carbonyl (C=O) groups is 1. The highest BCUT2D eigenvalue weighted by molar-refractivity contribution is 7.98. The summed E-state index contributed by atoms with van der Waals surface area (Å²) in [7, 11) is -3.83. The third-order valence-corrected chi connectivity index (χ3v) is 7.57. The summed E-state index contributed by atoms with van der Waals surface area (Å²) in [6.07, 6.45) is 0. The van der Waals surface area contributed by atoms with Crippen LogP contribution in [0.4, 0.5) is 11.4 Å². The second-order valence-corrected chi connectivity index (χ2v) is 10.4. The SMILES string of the molecule is Cc1ccc(S(=O)(=O)Nc2ccccc2C(=O)Nc2ccc(CSc3ccccc3)cc2)cc1. The number of amides is 1. The van der Waals surface area contributed by atoms with Crippen LogP contribution in [0.1, 0.15) is 21.5 Å². The number of thioether (sulfide) groups is 1. The monoisotopic (exact) mass is 488 g/mol. The standard InChI is InChI=1S/C27H24N2O3S2/c1-20-11-17-24(18-12-20)34(31,32)29-26-10-6-5-9-25(26)27(30)28-22-15-13-21(14-16-22)19-33-23-7-3-2-4-8-23/h2-18,29H,19H2,1H3,(H,28,30). The van der Waals surface area contributed by atoms with Gasteiger partial charge in [-0.15, -0.1) is 11.8 Å². The number of hydrogen-bond acceptors (Lipinski definition) is 4. The van der Waals surface area contributed by atoms with E-state index in [0.29, 0.717) is 5.69 Å². The molecule has 34 heavy (non-hydrogen) atoms. The fourth-order valence-electron chi connectivity index (χ4n) is 3.26. The van der Waals surface area contributed by atoms with Crippen LogP contribution in [0.25, 0.3) is 0 Å². The number of nitrogens with one attached hydrogen (secondary N) is 2. The Morgan fingerprint density at radius 3 is 2.15 bits per heavy atom. The van der Waals surface area contributed by atoms with Crippen LogP contribution in [0, 0.1) is 6.92 Å². The number of sulfonamides is 1. The molecular formula is C27H24N2O3S2. The molecule has 0 spiro atoms. The summed E-state index contributed by atoms with van der Waals surface area (Å²) >= 11 is 1.74. The van der Waals surface area contributed by atoms with E-state index < -0.39 is 15.9 Å². The zero-order valence-electron chi connectivity index (χ0n) is 18.6. The number of anilines is 2. The molecule has 0 heterocycles. The lowest BCUT2D eigenvalue weighted by Crippen LogP contribution is -2.18. The smallest absolute Gasteiger partial charge is 0.261 e. The highest BCUT2D eigenvalue weighted by atomic mass is 32.2. The summed E-state index contributed by atoms with van der Waals surface area (Å²) in [5, 5.41) is 2.85. The van der Waals surface area contributed by atoms with E-state index in [9.17, 15) is 13.2 Å².